The van der Waals surface area contributed by atoms with E-state index in [0.29, 0.717) is 36.6 Å². The fraction of sp³-hybridized carbons (Fsp3) is 0.400. The smallest absolute Gasteiger partial charge is 0.239 e. The van der Waals surface area contributed by atoms with Crippen LogP contribution in [0.3, 0.4) is 0 Å². The molecule has 0 spiro atoms. The number of pyridine rings is 1. The van der Waals surface area contributed by atoms with E-state index in [-0.39, 0.29) is 12.4 Å². The minimum absolute atomic E-state index is 0.0269. The van der Waals surface area contributed by atoms with Crippen molar-refractivity contribution in [1.29, 1.82) is 5.26 Å². The zero-order valence-electron chi connectivity index (χ0n) is 16.0. The molecule has 1 fully saturated rings. The highest BCUT2D eigenvalue weighted by Gasteiger charge is 2.36. The van der Waals surface area contributed by atoms with Gasteiger partial charge in [0.1, 0.15) is 0 Å². The average molecular weight is 433 g/mol. The Hall–Kier alpha value is -2.34. The second-order valence-corrected chi connectivity index (χ2v) is 10.0. The van der Waals surface area contributed by atoms with Crippen molar-refractivity contribution in [2.24, 2.45) is 5.41 Å². The zero-order valence-corrected chi connectivity index (χ0v) is 17.5. The Bertz CT molecular complexity index is 1110. The number of anilines is 2. The maximum atomic E-state index is 12.2. The highest BCUT2D eigenvalue weighted by Crippen LogP contribution is 2.42. The van der Waals surface area contributed by atoms with Gasteiger partial charge in [0.2, 0.25) is 10.0 Å². The molecule has 0 radical (unpaired) electrons. The minimum atomic E-state index is -3.31. The first-order valence-electron chi connectivity index (χ1n) is 9.31. The topological polar surface area (TPSA) is 97.5 Å². The number of aliphatic hydroxyl groups is 1. The van der Waals surface area contributed by atoms with Crippen LogP contribution in [0.25, 0.3) is 11.1 Å². The number of rotatable bonds is 3. The molecule has 2 aromatic rings. The van der Waals surface area contributed by atoms with Gasteiger partial charge in [-0.1, -0.05) is 17.7 Å². The van der Waals surface area contributed by atoms with Gasteiger partial charge in [0.25, 0.3) is 0 Å². The van der Waals surface area contributed by atoms with E-state index in [9.17, 15) is 18.8 Å². The van der Waals surface area contributed by atoms with Gasteiger partial charge in [0.15, 0.2) is 0 Å². The first-order chi connectivity index (χ1) is 13.8. The number of hydrogen-bond acceptors (Lipinski definition) is 6. The minimum Gasteiger partial charge on any atom is -0.395 e. The van der Waals surface area contributed by atoms with E-state index < -0.39 is 15.4 Å². The fourth-order valence-electron chi connectivity index (χ4n) is 4.04. The van der Waals surface area contributed by atoms with Crippen LogP contribution in [0.15, 0.2) is 30.6 Å². The number of aliphatic hydroxyl groups excluding tert-OH is 1. The predicted octanol–water partition coefficient (Wildman–Crippen LogP) is 2.78. The van der Waals surface area contributed by atoms with Crippen molar-refractivity contribution in [3.63, 3.8) is 0 Å². The molecule has 4 rings (SSSR count). The van der Waals surface area contributed by atoms with Crippen LogP contribution in [0.1, 0.15) is 18.4 Å². The van der Waals surface area contributed by atoms with Gasteiger partial charge < -0.3 is 10.0 Å². The Kier molecular flexibility index (Phi) is 4.93. The molecule has 2 aliphatic rings. The molecule has 0 atom stereocenters. The quantitative estimate of drug-likeness (QED) is 0.800. The number of aromatic nitrogens is 1. The molecule has 7 nitrogen and oxygen atoms in total. The standard InChI is InChI=1S/C20H21ClN4O3S/c1-24-18-3-2-14(8-15(18)11-29(24,27)28)16-9-23-10-17(21)19(16)25-6-4-20(12-22,13-26)5-7-25/h2-3,8-10,26H,4-7,11,13H2,1H3. The summed E-state index contributed by atoms with van der Waals surface area (Å²) in [7, 11) is -1.75. The van der Waals surface area contributed by atoms with E-state index in [1.165, 1.54) is 4.31 Å². The van der Waals surface area contributed by atoms with Gasteiger partial charge in [0.05, 0.1) is 40.2 Å². The number of hydrogen-bond donors (Lipinski definition) is 1. The second-order valence-electron chi connectivity index (χ2n) is 7.62. The summed E-state index contributed by atoms with van der Waals surface area (Å²) in [5.74, 6) is -0.0269. The number of benzene rings is 1. The lowest BCUT2D eigenvalue weighted by atomic mass is 9.80. The van der Waals surface area contributed by atoms with Crippen LogP contribution in [0.5, 0.6) is 0 Å². The predicted molar refractivity (Wildman–Crippen MR) is 112 cm³/mol. The molecule has 0 amide bonds. The van der Waals surface area contributed by atoms with Gasteiger partial charge in [-0.2, -0.15) is 5.26 Å². The molecule has 1 saturated heterocycles. The zero-order chi connectivity index (χ0) is 20.8. The van der Waals surface area contributed by atoms with Crippen molar-refractivity contribution in [1.82, 2.24) is 4.98 Å². The van der Waals surface area contributed by atoms with E-state index >= 15 is 0 Å². The van der Waals surface area contributed by atoms with Crippen LogP contribution < -0.4 is 9.21 Å². The maximum Gasteiger partial charge on any atom is 0.239 e. The number of piperidine rings is 1. The van der Waals surface area contributed by atoms with Crippen molar-refractivity contribution >= 4 is 33.0 Å². The molecule has 0 saturated carbocycles. The normalized spacial score (nSPS) is 19.7. The Morgan fingerprint density at radius 1 is 1.31 bits per heavy atom. The highest BCUT2D eigenvalue weighted by molar-refractivity contribution is 7.92. The Balaban J connectivity index is 1.72. The fourth-order valence-corrected chi connectivity index (χ4v) is 5.62. The van der Waals surface area contributed by atoms with Crippen molar-refractivity contribution in [3.05, 3.63) is 41.2 Å². The molecular weight excluding hydrogens is 412 g/mol. The molecule has 152 valence electrons. The molecule has 0 unspecified atom stereocenters. The number of sulfonamides is 1. The molecular formula is C20H21ClN4O3S. The molecule has 29 heavy (non-hydrogen) atoms. The van der Waals surface area contributed by atoms with Gasteiger partial charge in [-0.25, -0.2) is 8.42 Å². The monoisotopic (exact) mass is 432 g/mol. The van der Waals surface area contributed by atoms with Crippen LogP contribution in [-0.4, -0.2) is 45.3 Å². The van der Waals surface area contributed by atoms with Crippen LogP contribution in [0.2, 0.25) is 5.02 Å². The van der Waals surface area contributed by atoms with E-state index in [2.05, 4.69) is 16.0 Å². The molecule has 1 aromatic heterocycles. The Morgan fingerprint density at radius 3 is 2.69 bits per heavy atom. The number of fused-ring (bicyclic) bond motifs is 1. The summed E-state index contributed by atoms with van der Waals surface area (Å²) in [4.78, 5) is 6.35. The number of halogens is 1. The van der Waals surface area contributed by atoms with Crippen LogP contribution >= 0.6 is 11.6 Å². The summed E-state index contributed by atoms with van der Waals surface area (Å²) < 4.78 is 25.7. The third-order valence-electron chi connectivity index (χ3n) is 5.93. The molecule has 0 bridgehead atoms. The lowest BCUT2D eigenvalue weighted by Crippen LogP contribution is -2.41. The SMILES string of the molecule is CN1c2ccc(-c3cncc(Cl)c3N3CCC(C#N)(CO)CC3)cc2CS1(=O)=O. The first kappa shape index (κ1) is 20.0. The maximum absolute atomic E-state index is 12.2. The molecule has 1 aromatic carbocycles. The van der Waals surface area contributed by atoms with Gasteiger partial charge in [-0.15, -0.1) is 0 Å². The van der Waals surface area contributed by atoms with Gasteiger partial charge in [-0.3, -0.25) is 9.29 Å². The van der Waals surface area contributed by atoms with Crippen LogP contribution in [0.4, 0.5) is 11.4 Å². The molecule has 3 heterocycles. The summed E-state index contributed by atoms with van der Waals surface area (Å²) in [5.41, 5.74) is 3.21. The van der Waals surface area contributed by atoms with Crippen molar-refractivity contribution in [2.75, 3.05) is 35.9 Å². The molecule has 0 aliphatic carbocycles. The lowest BCUT2D eigenvalue weighted by Gasteiger charge is -2.38. The summed E-state index contributed by atoms with van der Waals surface area (Å²) in [5, 5.41) is 19.5. The Labute approximate surface area is 175 Å². The van der Waals surface area contributed by atoms with E-state index in [4.69, 9.17) is 11.6 Å². The Morgan fingerprint density at radius 2 is 2.03 bits per heavy atom. The van der Waals surface area contributed by atoms with Crippen molar-refractivity contribution < 1.29 is 13.5 Å². The molecule has 1 N–H and O–H groups in total. The molecule has 9 heteroatoms. The lowest BCUT2D eigenvalue weighted by molar-refractivity contribution is 0.148. The van der Waals surface area contributed by atoms with Crippen molar-refractivity contribution in [3.8, 4) is 17.2 Å². The van der Waals surface area contributed by atoms with Crippen LogP contribution in [-0.2, 0) is 15.8 Å². The third-order valence-corrected chi connectivity index (χ3v) is 7.92. The van der Waals surface area contributed by atoms with Gasteiger partial charge >= 0.3 is 0 Å². The van der Waals surface area contributed by atoms with Gasteiger partial charge in [0, 0.05) is 38.1 Å². The first-order valence-corrected chi connectivity index (χ1v) is 11.3. The van der Waals surface area contributed by atoms with E-state index in [1.807, 2.05) is 18.2 Å². The van der Waals surface area contributed by atoms with Gasteiger partial charge in [-0.05, 0) is 36.1 Å². The highest BCUT2D eigenvalue weighted by atomic mass is 35.5. The average Bonchev–Trinajstić information content (AvgIpc) is 2.96. The van der Waals surface area contributed by atoms with Crippen LogP contribution in [0, 0.1) is 16.7 Å². The van der Waals surface area contributed by atoms with E-state index in [1.54, 1.807) is 19.4 Å². The largest absolute Gasteiger partial charge is 0.395 e. The number of nitriles is 1. The summed E-state index contributed by atoms with van der Waals surface area (Å²) in [6.45, 7) is 1.03. The third kappa shape index (κ3) is 3.33. The van der Waals surface area contributed by atoms with E-state index in [0.717, 1.165) is 22.4 Å². The molecule has 2 aliphatic heterocycles. The summed E-state index contributed by atoms with van der Waals surface area (Å²) >= 11 is 6.51. The summed E-state index contributed by atoms with van der Waals surface area (Å²) in [6, 6.07) is 7.82. The number of nitrogens with zero attached hydrogens (tertiary/aromatic N) is 4. The second kappa shape index (κ2) is 7.17. The summed E-state index contributed by atoms with van der Waals surface area (Å²) in [6.07, 6.45) is 4.41. The van der Waals surface area contributed by atoms with Crippen molar-refractivity contribution in [2.45, 2.75) is 18.6 Å².